The summed E-state index contributed by atoms with van der Waals surface area (Å²) in [6, 6.07) is 10.1. The maximum atomic E-state index is 11.5. The molecule has 0 aliphatic carbocycles. The highest BCUT2D eigenvalue weighted by Crippen LogP contribution is 2.15. The van der Waals surface area contributed by atoms with E-state index >= 15 is 0 Å². The van der Waals surface area contributed by atoms with E-state index in [9.17, 15) is 4.79 Å². The van der Waals surface area contributed by atoms with Gasteiger partial charge in [-0.05, 0) is 25.1 Å². The fourth-order valence-corrected chi connectivity index (χ4v) is 2.03. The van der Waals surface area contributed by atoms with Crippen LogP contribution in [0.3, 0.4) is 0 Å². The van der Waals surface area contributed by atoms with Gasteiger partial charge >= 0.3 is 0 Å². The van der Waals surface area contributed by atoms with Crippen molar-refractivity contribution in [2.75, 3.05) is 20.1 Å². The van der Waals surface area contributed by atoms with Gasteiger partial charge in [-0.15, -0.1) is 0 Å². The van der Waals surface area contributed by atoms with Gasteiger partial charge in [-0.25, -0.2) is 0 Å². The molecule has 2 aromatic rings. The van der Waals surface area contributed by atoms with Crippen LogP contribution in [0, 0.1) is 0 Å². The number of benzene rings is 1. The van der Waals surface area contributed by atoms with E-state index in [4.69, 9.17) is 0 Å². The lowest BCUT2D eigenvalue weighted by Gasteiger charge is -2.07. The van der Waals surface area contributed by atoms with Crippen molar-refractivity contribution in [3.63, 3.8) is 0 Å². The molecular formula is C15H19N3O. The van der Waals surface area contributed by atoms with Gasteiger partial charge in [0.2, 0.25) is 5.91 Å². The van der Waals surface area contributed by atoms with Gasteiger partial charge < -0.3 is 10.6 Å². The number of carbonyl (C=O) groups is 1. The third kappa shape index (κ3) is 3.76. The van der Waals surface area contributed by atoms with Crippen LogP contribution in [-0.4, -0.2) is 31.0 Å². The Morgan fingerprint density at radius 2 is 2.05 bits per heavy atom. The Balaban J connectivity index is 1.93. The largest absolute Gasteiger partial charge is 0.356 e. The van der Waals surface area contributed by atoms with Crippen LogP contribution in [0.25, 0.3) is 10.9 Å². The van der Waals surface area contributed by atoms with Crippen molar-refractivity contribution in [1.82, 2.24) is 15.6 Å². The first-order valence-corrected chi connectivity index (χ1v) is 6.55. The third-order valence-corrected chi connectivity index (χ3v) is 3.03. The van der Waals surface area contributed by atoms with Crippen LogP contribution in [0.2, 0.25) is 0 Å². The van der Waals surface area contributed by atoms with Gasteiger partial charge in [0.05, 0.1) is 5.52 Å². The number of aromatic nitrogens is 1. The molecule has 19 heavy (non-hydrogen) atoms. The summed E-state index contributed by atoms with van der Waals surface area (Å²) >= 11 is 0. The molecule has 0 aliphatic rings. The number of para-hydroxylation sites is 1. The summed E-state index contributed by atoms with van der Waals surface area (Å²) in [5, 5.41) is 7.02. The summed E-state index contributed by atoms with van der Waals surface area (Å²) in [5.74, 6) is 0.0857. The molecule has 1 heterocycles. The van der Waals surface area contributed by atoms with E-state index in [1.165, 1.54) is 5.56 Å². The van der Waals surface area contributed by atoms with Gasteiger partial charge in [0.15, 0.2) is 0 Å². The number of pyridine rings is 1. The Labute approximate surface area is 113 Å². The van der Waals surface area contributed by atoms with Gasteiger partial charge in [0.1, 0.15) is 0 Å². The first-order chi connectivity index (χ1) is 9.31. The number of hydrogen-bond acceptors (Lipinski definition) is 3. The minimum Gasteiger partial charge on any atom is -0.356 e. The van der Waals surface area contributed by atoms with Gasteiger partial charge in [0.25, 0.3) is 0 Å². The molecule has 100 valence electrons. The van der Waals surface area contributed by atoms with Crippen molar-refractivity contribution < 1.29 is 4.79 Å². The predicted molar refractivity (Wildman–Crippen MR) is 77.0 cm³/mol. The molecule has 4 nitrogen and oxygen atoms in total. The lowest BCUT2D eigenvalue weighted by molar-refractivity contribution is -0.120. The second kappa shape index (κ2) is 6.85. The lowest BCUT2D eigenvalue weighted by atomic mass is 10.1. The summed E-state index contributed by atoms with van der Waals surface area (Å²) in [4.78, 5) is 15.9. The Kier molecular flexibility index (Phi) is 4.86. The molecule has 1 aromatic carbocycles. The first-order valence-electron chi connectivity index (χ1n) is 6.55. The zero-order chi connectivity index (χ0) is 13.5. The average Bonchev–Trinajstić information content (AvgIpc) is 2.45. The molecule has 0 radical (unpaired) electrons. The van der Waals surface area contributed by atoms with Crippen molar-refractivity contribution >= 4 is 16.8 Å². The third-order valence-electron chi connectivity index (χ3n) is 3.03. The van der Waals surface area contributed by atoms with Crippen LogP contribution in [0.5, 0.6) is 0 Å². The monoisotopic (exact) mass is 257 g/mol. The predicted octanol–water partition coefficient (Wildman–Crippen LogP) is 1.50. The minimum atomic E-state index is 0.0857. The summed E-state index contributed by atoms with van der Waals surface area (Å²) in [6.45, 7) is 1.36. The van der Waals surface area contributed by atoms with Crippen LogP contribution < -0.4 is 10.6 Å². The van der Waals surface area contributed by atoms with Crippen molar-refractivity contribution in [1.29, 1.82) is 0 Å². The summed E-state index contributed by atoms with van der Waals surface area (Å²) in [7, 11) is 1.84. The second-order valence-corrected chi connectivity index (χ2v) is 4.45. The summed E-state index contributed by atoms with van der Waals surface area (Å²) < 4.78 is 0. The van der Waals surface area contributed by atoms with E-state index in [-0.39, 0.29) is 5.91 Å². The van der Waals surface area contributed by atoms with E-state index in [0.717, 1.165) is 17.3 Å². The zero-order valence-corrected chi connectivity index (χ0v) is 11.1. The van der Waals surface area contributed by atoms with E-state index in [0.29, 0.717) is 19.5 Å². The highest BCUT2D eigenvalue weighted by Gasteiger charge is 2.03. The Morgan fingerprint density at radius 3 is 2.89 bits per heavy atom. The van der Waals surface area contributed by atoms with Crippen molar-refractivity contribution in [2.24, 2.45) is 0 Å². The molecule has 2 rings (SSSR count). The minimum absolute atomic E-state index is 0.0857. The molecule has 0 saturated heterocycles. The van der Waals surface area contributed by atoms with Crippen molar-refractivity contribution in [3.05, 3.63) is 42.1 Å². The van der Waals surface area contributed by atoms with E-state index in [1.807, 2.05) is 19.2 Å². The first kappa shape index (κ1) is 13.5. The van der Waals surface area contributed by atoms with Gasteiger partial charge in [-0.3, -0.25) is 9.78 Å². The van der Waals surface area contributed by atoms with Crippen LogP contribution >= 0.6 is 0 Å². The second-order valence-electron chi connectivity index (χ2n) is 4.45. The number of carbonyl (C=O) groups excluding carboxylic acids is 1. The maximum absolute atomic E-state index is 11.5. The van der Waals surface area contributed by atoms with Crippen molar-refractivity contribution in [3.8, 4) is 0 Å². The number of fused-ring (bicyclic) bond motifs is 1. The zero-order valence-electron chi connectivity index (χ0n) is 11.1. The standard InChI is InChI=1S/C15H19N3O/c1-16-10-8-14(19)17-11-7-13-5-2-4-12-6-3-9-18-15(12)13/h2-6,9,16H,7-8,10-11H2,1H3,(H,17,19). The fraction of sp³-hybridized carbons (Fsp3) is 0.333. The molecular weight excluding hydrogens is 238 g/mol. The molecule has 1 amide bonds. The molecule has 0 fully saturated rings. The van der Waals surface area contributed by atoms with Crippen LogP contribution in [-0.2, 0) is 11.2 Å². The van der Waals surface area contributed by atoms with E-state index in [2.05, 4.69) is 33.8 Å². The smallest absolute Gasteiger partial charge is 0.221 e. The van der Waals surface area contributed by atoms with Crippen LogP contribution in [0.15, 0.2) is 36.5 Å². The highest BCUT2D eigenvalue weighted by atomic mass is 16.1. The molecule has 0 bridgehead atoms. The molecule has 0 spiro atoms. The van der Waals surface area contributed by atoms with Crippen LogP contribution in [0.1, 0.15) is 12.0 Å². The Hall–Kier alpha value is -1.94. The molecule has 0 aliphatic heterocycles. The fourth-order valence-electron chi connectivity index (χ4n) is 2.03. The Morgan fingerprint density at radius 1 is 1.21 bits per heavy atom. The number of nitrogens with zero attached hydrogens (tertiary/aromatic N) is 1. The van der Waals surface area contributed by atoms with Gasteiger partial charge in [-0.1, -0.05) is 24.3 Å². The number of hydrogen-bond donors (Lipinski definition) is 2. The Bertz CT molecular complexity index is 549. The number of amides is 1. The molecule has 1 aromatic heterocycles. The normalized spacial score (nSPS) is 10.6. The quantitative estimate of drug-likeness (QED) is 0.824. The molecule has 2 N–H and O–H groups in total. The van der Waals surface area contributed by atoms with Crippen LogP contribution in [0.4, 0.5) is 0 Å². The van der Waals surface area contributed by atoms with E-state index in [1.54, 1.807) is 6.20 Å². The molecule has 0 atom stereocenters. The molecule has 0 saturated carbocycles. The molecule has 0 unspecified atom stereocenters. The van der Waals surface area contributed by atoms with Gasteiger partial charge in [0, 0.05) is 31.1 Å². The SMILES string of the molecule is CNCCC(=O)NCCc1cccc2cccnc12. The average molecular weight is 257 g/mol. The number of rotatable bonds is 6. The number of nitrogens with one attached hydrogen (secondary N) is 2. The van der Waals surface area contributed by atoms with Crippen molar-refractivity contribution in [2.45, 2.75) is 12.8 Å². The molecule has 4 heteroatoms. The summed E-state index contributed by atoms with van der Waals surface area (Å²) in [6.07, 6.45) is 3.13. The maximum Gasteiger partial charge on any atom is 0.221 e. The van der Waals surface area contributed by atoms with E-state index < -0.39 is 0 Å². The topological polar surface area (TPSA) is 54.0 Å². The van der Waals surface area contributed by atoms with Gasteiger partial charge in [-0.2, -0.15) is 0 Å². The summed E-state index contributed by atoms with van der Waals surface area (Å²) in [5.41, 5.74) is 2.20. The highest BCUT2D eigenvalue weighted by molar-refractivity contribution is 5.81. The lowest BCUT2D eigenvalue weighted by Crippen LogP contribution is -2.28.